The van der Waals surface area contributed by atoms with Crippen LogP contribution in [-0.4, -0.2) is 57.6 Å². The molecular formula is C30H64O6. The average molecular weight is 521 g/mol. The molecule has 0 radical (unpaired) electrons. The molecular weight excluding hydrogens is 456 g/mol. The lowest BCUT2D eigenvalue weighted by atomic mass is 10.1. The average Bonchev–Trinajstić information content (AvgIpc) is 2.93. The predicted octanol–water partition coefficient (Wildman–Crippen LogP) is 6.24. The van der Waals surface area contributed by atoms with Gasteiger partial charge in [0.1, 0.15) is 0 Å². The summed E-state index contributed by atoms with van der Waals surface area (Å²) < 4.78 is 0. The fourth-order valence-electron chi connectivity index (χ4n) is 1.64. The lowest BCUT2D eigenvalue weighted by Gasteiger charge is -2.01. The smallest absolute Gasteiger partial charge is 0.0684 e. The molecule has 0 spiro atoms. The summed E-state index contributed by atoms with van der Waals surface area (Å²) >= 11 is 0. The maximum atomic E-state index is 8.85. The first-order valence-corrected chi connectivity index (χ1v) is 12.2. The van der Waals surface area contributed by atoms with Crippen LogP contribution in [0.3, 0.4) is 0 Å². The summed E-state index contributed by atoms with van der Waals surface area (Å²) in [6.07, 6.45) is 1.87. The van der Waals surface area contributed by atoms with Gasteiger partial charge in [0, 0.05) is 26.9 Å². The highest BCUT2D eigenvalue weighted by molar-refractivity contribution is 5.26. The summed E-state index contributed by atoms with van der Waals surface area (Å²) in [5.41, 5.74) is 3.25. The third-order valence-electron chi connectivity index (χ3n) is 2.92. The van der Waals surface area contributed by atoms with E-state index in [-0.39, 0.29) is 41.3 Å². The van der Waals surface area contributed by atoms with E-state index < -0.39 is 0 Å². The number of rotatable bonds is 4. The van der Waals surface area contributed by atoms with Gasteiger partial charge in [0.05, 0.1) is 13.2 Å². The zero-order valence-electron chi connectivity index (χ0n) is 23.3. The number of aryl methyl sites for hydroxylation is 1. The zero-order chi connectivity index (χ0) is 28.0. The van der Waals surface area contributed by atoms with Gasteiger partial charge in [-0.2, -0.15) is 0 Å². The van der Waals surface area contributed by atoms with Crippen molar-refractivity contribution in [2.24, 2.45) is 0 Å². The van der Waals surface area contributed by atoms with Crippen molar-refractivity contribution in [3.05, 3.63) is 71.3 Å². The van der Waals surface area contributed by atoms with Crippen LogP contribution in [0.5, 0.6) is 0 Å². The Kier molecular flexibility index (Phi) is 97.6. The first kappa shape index (κ1) is 54.9. The van der Waals surface area contributed by atoms with Gasteiger partial charge in [-0.15, -0.1) is 0 Å². The van der Waals surface area contributed by atoms with Crippen molar-refractivity contribution in [3.8, 4) is 0 Å². The number of hydrogen-bond acceptors (Lipinski definition) is 6. The molecule has 0 amide bonds. The minimum atomic E-state index is 0. The Bertz CT molecular complexity index is 481. The molecule has 0 atom stereocenters. The maximum Gasteiger partial charge on any atom is 0.0684 e. The Balaban J connectivity index is -0.0000000454. The van der Waals surface area contributed by atoms with Crippen LogP contribution in [0.2, 0.25) is 0 Å². The maximum absolute atomic E-state index is 8.85. The lowest BCUT2D eigenvalue weighted by molar-refractivity contribution is 0.280. The third-order valence-corrected chi connectivity index (χ3v) is 2.92. The minimum Gasteiger partial charge on any atom is -0.400 e. The molecule has 6 nitrogen and oxygen atoms in total. The monoisotopic (exact) mass is 520 g/mol. The molecule has 0 aliphatic heterocycles. The van der Waals surface area contributed by atoms with Gasteiger partial charge in [-0.05, 0) is 43.4 Å². The van der Waals surface area contributed by atoms with Crippen LogP contribution >= 0.6 is 0 Å². The number of hydrogen-bond donors (Lipinski definition) is 6. The lowest BCUT2D eigenvalue weighted by Crippen LogP contribution is -1.90. The van der Waals surface area contributed by atoms with E-state index in [1.807, 2.05) is 89.2 Å². The second-order valence-electron chi connectivity index (χ2n) is 5.28. The fraction of sp³-hybridized carbons (Fsp3) is 0.600. The second-order valence-corrected chi connectivity index (χ2v) is 5.28. The van der Waals surface area contributed by atoms with Crippen molar-refractivity contribution in [1.82, 2.24) is 0 Å². The Morgan fingerprint density at radius 3 is 1.03 bits per heavy atom. The van der Waals surface area contributed by atoms with Crippen molar-refractivity contribution in [1.29, 1.82) is 0 Å². The largest absolute Gasteiger partial charge is 0.400 e. The zero-order valence-corrected chi connectivity index (χ0v) is 23.3. The quantitative estimate of drug-likeness (QED) is 0.284. The van der Waals surface area contributed by atoms with Crippen LogP contribution in [0.15, 0.2) is 54.6 Å². The molecule has 0 aliphatic rings. The van der Waals surface area contributed by atoms with E-state index in [0.29, 0.717) is 6.61 Å². The van der Waals surface area contributed by atoms with E-state index in [9.17, 15) is 0 Å². The van der Waals surface area contributed by atoms with Crippen LogP contribution in [0.25, 0.3) is 0 Å². The summed E-state index contributed by atoms with van der Waals surface area (Å²) in [5.74, 6) is 0. The van der Waals surface area contributed by atoms with Crippen LogP contribution in [0, 0.1) is 0 Å². The van der Waals surface area contributed by atoms with Gasteiger partial charge >= 0.3 is 0 Å². The highest BCUT2D eigenvalue weighted by Crippen LogP contribution is 2.08. The van der Waals surface area contributed by atoms with Crippen molar-refractivity contribution in [2.75, 3.05) is 26.9 Å². The van der Waals surface area contributed by atoms with E-state index in [2.05, 4.69) is 6.92 Å². The molecule has 0 heterocycles. The Morgan fingerprint density at radius 1 is 0.528 bits per heavy atom. The number of aliphatic hydroxyl groups excluding tert-OH is 6. The van der Waals surface area contributed by atoms with Crippen molar-refractivity contribution in [2.45, 2.75) is 96.3 Å². The molecule has 2 aromatic rings. The third kappa shape index (κ3) is 53.5. The molecule has 6 N–H and O–H groups in total. The van der Waals surface area contributed by atoms with E-state index in [1.54, 1.807) is 13.8 Å². The minimum absolute atomic E-state index is 0. The Morgan fingerprint density at radius 2 is 0.833 bits per heavy atom. The molecule has 0 aromatic heterocycles. The van der Waals surface area contributed by atoms with E-state index in [1.165, 1.54) is 5.56 Å². The molecule has 2 aromatic carbocycles. The molecule has 220 valence electrons. The Hall–Kier alpha value is -1.80. The van der Waals surface area contributed by atoms with E-state index >= 15 is 0 Å². The number of aliphatic hydroxyl groups is 6. The van der Waals surface area contributed by atoms with E-state index in [4.69, 9.17) is 30.6 Å². The summed E-state index contributed by atoms with van der Waals surface area (Å²) in [6, 6.07) is 17.5. The molecule has 0 fully saturated rings. The molecule has 0 unspecified atom stereocenters. The van der Waals surface area contributed by atoms with Gasteiger partial charge in [-0.25, -0.2) is 0 Å². The normalized spacial score (nSPS) is 7.08. The van der Waals surface area contributed by atoms with Crippen LogP contribution < -0.4 is 0 Å². The molecule has 0 saturated heterocycles. The molecule has 36 heavy (non-hydrogen) atoms. The van der Waals surface area contributed by atoms with Gasteiger partial charge < -0.3 is 30.6 Å². The summed E-state index contributed by atoms with van der Waals surface area (Å²) in [7, 11) is 1.00. The molecule has 0 saturated carbocycles. The van der Waals surface area contributed by atoms with Crippen LogP contribution in [0.1, 0.15) is 93.4 Å². The Labute approximate surface area is 225 Å². The number of benzene rings is 2. The highest BCUT2D eigenvalue weighted by Gasteiger charge is 1.94. The highest BCUT2D eigenvalue weighted by atomic mass is 16.3. The van der Waals surface area contributed by atoms with Gasteiger partial charge in [0.15, 0.2) is 0 Å². The first-order valence-electron chi connectivity index (χ1n) is 12.2. The molecule has 2 rings (SSSR count). The van der Waals surface area contributed by atoms with Crippen molar-refractivity contribution >= 4 is 0 Å². The summed E-state index contributed by atoms with van der Waals surface area (Å²) in [4.78, 5) is 0. The van der Waals surface area contributed by atoms with Gasteiger partial charge in [-0.1, -0.05) is 111 Å². The standard InChI is InChI=1S/C9H12O.C7H8O.C3H8O.2C2H6O.2C2H6.CH4O.2CH4/c1-2-8-5-3-4-6-9(8)7-10;8-6-7-4-2-1-3-5-7;1-2-3-4;2*1-2-3;3*1-2;;/h3-6,10H,2,7H2,1H3;1-5,8H,6H2;4H,2-3H2,1H3;2*3H,2H2,1H3;2*1-2H3;2H,1H3;2*1H4. The first-order chi connectivity index (χ1) is 16.6. The SMILES string of the molecule is C.C.CC.CC.CCCO.CCO.CCO.CCc1ccccc1CO.CO.OCc1ccccc1. The molecule has 0 bridgehead atoms. The van der Waals surface area contributed by atoms with Crippen LogP contribution in [-0.2, 0) is 19.6 Å². The van der Waals surface area contributed by atoms with Crippen molar-refractivity contribution < 1.29 is 30.6 Å². The van der Waals surface area contributed by atoms with Crippen LogP contribution in [0.4, 0.5) is 0 Å². The van der Waals surface area contributed by atoms with Gasteiger partial charge in [0.2, 0.25) is 0 Å². The molecule has 0 aliphatic carbocycles. The van der Waals surface area contributed by atoms with Gasteiger partial charge in [0.25, 0.3) is 0 Å². The topological polar surface area (TPSA) is 121 Å². The summed E-state index contributed by atoms with van der Waals surface area (Å²) in [6.45, 7) is 16.5. The second kappa shape index (κ2) is 64.0. The van der Waals surface area contributed by atoms with E-state index in [0.717, 1.165) is 31.1 Å². The predicted molar refractivity (Wildman–Crippen MR) is 161 cm³/mol. The van der Waals surface area contributed by atoms with Crippen molar-refractivity contribution in [3.63, 3.8) is 0 Å². The van der Waals surface area contributed by atoms with Gasteiger partial charge in [-0.3, -0.25) is 0 Å². The fourth-order valence-corrected chi connectivity index (χ4v) is 1.64. The summed E-state index contributed by atoms with van der Waals surface area (Å²) in [5, 5.41) is 47.4. The molecule has 6 heteroatoms.